The van der Waals surface area contributed by atoms with Gasteiger partial charge in [0.25, 0.3) is 0 Å². The number of aliphatic carboxylic acids is 1. The SMILES string of the molecule is C[C@]12CCC3c4ccc(O)cc4CCC3C1CCC2N[C@@H](Cc1ccccc1)C(=O)O. The molecule has 5 rings (SSSR count). The van der Waals surface area contributed by atoms with Crippen molar-refractivity contribution < 1.29 is 15.0 Å². The van der Waals surface area contributed by atoms with Gasteiger partial charge in [-0.05, 0) is 96.9 Å². The molecule has 4 unspecified atom stereocenters. The molecule has 0 radical (unpaired) electrons. The molecule has 6 atom stereocenters. The van der Waals surface area contributed by atoms with Crippen molar-refractivity contribution in [3.63, 3.8) is 0 Å². The maximum absolute atomic E-state index is 12.1. The van der Waals surface area contributed by atoms with E-state index >= 15 is 0 Å². The molecule has 4 nitrogen and oxygen atoms in total. The molecule has 2 fully saturated rings. The van der Waals surface area contributed by atoms with Crippen molar-refractivity contribution >= 4 is 5.97 Å². The van der Waals surface area contributed by atoms with E-state index in [4.69, 9.17) is 0 Å². The Kier molecular flexibility index (Phi) is 5.29. The number of carboxylic acid groups (broad SMARTS) is 1. The van der Waals surface area contributed by atoms with Crippen LogP contribution in [0.1, 0.15) is 61.6 Å². The van der Waals surface area contributed by atoms with Gasteiger partial charge in [0.1, 0.15) is 11.8 Å². The van der Waals surface area contributed by atoms with Gasteiger partial charge in [-0.2, -0.15) is 0 Å². The lowest BCUT2D eigenvalue weighted by Gasteiger charge is -2.51. The molecule has 3 N–H and O–H groups in total. The first-order valence-corrected chi connectivity index (χ1v) is 11.8. The Balaban J connectivity index is 1.34. The molecule has 0 amide bonds. The number of phenols is 1. The second-order valence-corrected chi connectivity index (χ2v) is 10.2. The average molecular weight is 420 g/mol. The van der Waals surface area contributed by atoms with Gasteiger partial charge < -0.3 is 15.5 Å². The van der Waals surface area contributed by atoms with Crippen molar-refractivity contribution in [3.05, 3.63) is 65.2 Å². The lowest BCUT2D eigenvalue weighted by Crippen LogP contribution is -2.53. The monoisotopic (exact) mass is 419 g/mol. The maximum atomic E-state index is 12.1. The molecule has 0 spiro atoms. The summed E-state index contributed by atoms with van der Waals surface area (Å²) < 4.78 is 0. The zero-order chi connectivity index (χ0) is 21.6. The molecule has 3 aliphatic rings. The van der Waals surface area contributed by atoms with Gasteiger partial charge in [-0.25, -0.2) is 0 Å². The fourth-order valence-electron chi connectivity index (χ4n) is 7.15. The minimum absolute atomic E-state index is 0.153. The number of carbonyl (C=O) groups is 1. The third kappa shape index (κ3) is 3.65. The summed E-state index contributed by atoms with van der Waals surface area (Å²) in [5, 5.41) is 23.4. The molecule has 2 saturated carbocycles. The Labute approximate surface area is 184 Å². The summed E-state index contributed by atoms with van der Waals surface area (Å²) in [7, 11) is 0. The van der Waals surface area contributed by atoms with Crippen molar-refractivity contribution in [1.29, 1.82) is 0 Å². The van der Waals surface area contributed by atoms with Crippen LogP contribution < -0.4 is 5.32 Å². The zero-order valence-electron chi connectivity index (χ0n) is 18.3. The third-order valence-corrected chi connectivity index (χ3v) is 8.69. The van der Waals surface area contributed by atoms with E-state index in [2.05, 4.69) is 18.3 Å². The minimum atomic E-state index is -0.754. The van der Waals surface area contributed by atoms with Crippen LogP contribution in [0.3, 0.4) is 0 Å². The average Bonchev–Trinajstić information content (AvgIpc) is 3.09. The Bertz CT molecular complexity index is 958. The highest BCUT2D eigenvalue weighted by Crippen LogP contribution is 2.61. The highest BCUT2D eigenvalue weighted by molar-refractivity contribution is 5.74. The number of aromatic hydroxyl groups is 1. The first kappa shape index (κ1) is 20.6. The molecule has 0 aromatic heterocycles. The number of nitrogens with one attached hydrogen (secondary N) is 1. The van der Waals surface area contributed by atoms with Crippen LogP contribution in [0.2, 0.25) is 0 Å². The maximum Gasteiger partial charge on any atom is 0.321 e. The summed E-state index contributed by atoms with van der Waals surface area (Å²) in [6.07, 6.45) is 7.28. The fourth-order valence-corrected chi connectivity index (χ4v) is 7.15. The zero-order valence-corrected chi connectivity index (χ0v) is 18.3. The topological polar surface area (TPSA) is 69.6 Å². The van der Waals surface area contributed by atoms with Gasteiger partial charge >= 0.3 is 5.97 Å². The number of rotatable bonds is 5. The summed E-state index contributed by atoms with van der Waals surface area (Å²) in [6.45, 7) is 2.41. The van der Waals surface area contributed by atoms with E-state index in [1.165, 1.54) is 24.0 Å². The molecule has 0 saturated heterocycles. The van der Waals surface area contributed by atoms with E-state index < -0.39 is 12.0 Å². The van der Waals surface area contributed by atoms with Crippen molar-refractivity contribution in [1.82, 2.24) is 5.32 Å². The van der Waals surface area contributed by atoms with Gasteiger partial charge in [0.05, 0.1) is 0 Å². The highest BCUT2D eigenvalue weighted by atomic mass is 16.4. The number of hydrogen-bond acceptors (Lipinski definition) is 3. The first-order valence-electron chi connectivity index (χ1n) is 11.8. The summed E-state index contributed by atoms with van der Waals surface area (Å²) in [6, 6.07) is 15.6. The molecule has 4 heteroatoms. The van der Waals surface area contributed by atoms with E-state index in [1.54, 1.807) is 0 Å². The van der Waals surface area contributed by atoms with Gasteiger partial charge in [-0.3, -0.25) is 4.79 Å². The Hall–Kier alpha value is -2.33. The number of fused-ring (bicyclic) bond motifs is 5. The van der Waals surface area contributed by atoms with E-state index in [9.17, 15) is 15.0 Å². The number of carboxylic acids is 1. The Morgan fingerprint density at radius 1 is 1.13 bits per heavy atom. The Morgan fingerprint density at radius 3 is 2.71 bits per heavy atom. The summed E-state index contributed by atoms with van der Waals surface area (Å²) >= 11 is 0. The van der Waals surface area contributed by atoms with Crippen LogP contribution in [0.5, 0.6) is 5.75 Å². The summed E-state index contributed by atoms with van der Waals surface area (Å²) in [5.74, 6) is 1.51. The number of benzene rings is 2. The molecule has 2 aromatic carbocycles. The molecule has 3 aliphatic carbocycles. The lowest BCUT2D eigenvalue weighted by molar-refractivity contribution is -0.140. The van der Waals surface area contributed by atoms with E-state index in [0.717, 1.165) is 31.2 Å². The van der Waals surface area contributed by atoms with Gasteiger partial charge in [0, 0.05) is 6.04 Å². The van der Waals surface area contributed by atoms with Crippen LogP contribution in [0, 0.1) is 17.3 Å². The van der Waals surface area contributed by atoms with Crippen LogP contribution in [0.15, 0.2) is 48.5 Å². The molecular weight excluding hydrogens is 386 g/mol. The van der Waals surface area contributed by atoms with Gasteiger partial charge in [-0.15, -0.1) is 0 Å². The molecule has 0 heterocycles. The van der Waals surface area contributed by atoms with Gasteiger partial charge in [-0.1, -0.05) is 43.3 Å². The number of phenolic OH excluding ortho intramolecular Hbond substituents is 1. The van der Waals surface area contributed by atoms with Gasteiger partial charge in [0.15, 0.2) is 0 Å². The van der Waals surface area contributed by atoms with E-state index in [1.807, 2.05) is 42.5 Å². The van der Waals surface area contributed by atoms with Crippen molar-refractivity contribution in [2.24, 2.45) is 17.3 Å². The second-order valence-electron chi connectivity index (χ2n) is 10.2. The minimum Gasteiger partial charge on any atom is -0.508 e. The largest absolute Gasteiger partial charge is 0.508 e. The smallest absolute Gasteiger partial charge is 0.321 e. The second kappa shape index (κ2) is 7.98. The molecular formula is C27H33NO3. The van der Waals surface area contributed by atoms with Crippen LogP contribution in [0.4, 0.5) is 0 Å². The normalized spacial score (nSPS) is 32.5. The van der Waals surface area contributed by atoms with Crippen LogP contribution in [0.25, 0.3) is 0 Å². The first-order chi connectivity index (χ1) is 15.0. The van der Waals surface area contributed by atoms with Crippen LogP contribution >= 0.6 is 0 Å². The molecule has 31 heavy (non-hydrogen) atoms. The van der Waals surface area contributed by atoms with E-state index in [0.29, 0.717) is 29.9 Å². The van der Waals surface area contributed by atoms with Gasteiger partial charge in [0.2, 0.25) is 0 Å². The van der Waals surface area contributed by atoms with Crippen molar-refractivity contribution in [2.45, 2.75) is 69.9 Å². The lowest BCUT2D eigenvalue weighted by atomic mass is 9.55. The third-order valence-electron chi connectivity index (χ3n) is 8.69. The van der Waals surface area contributed by atoms with Crippen LogP contribution in [-0.2, 0) is 17.6 Å². The predicted octanol–water partition coefficient (Wildman–Crippen LogP) is 4.90. The summed E-state index contributed by atoms with van der Waals surface area (Å²) in [4.78, 5) is 12.1. The highest BCUT2D eigenvalue weighted by Gasteiger charge is 2.55. The predicted molar refractivity (Wildman–Crippen MR) is 121 cm³/mol. The number of hydrogen-bond donors (Lipinski definition) is 3. The van der Waals surface area contributed by atoms with E-state index in [-0.39, 0.29) is 11.5 Å². The quantitative estimate of drug-likeness (QED) is 0.645. The fraction of sp³-hybridized carbons (Fsp3) is 0.519. The standard InChI is InChI=1S/C27H33NO3/c1-27-14-13-21-20-10-8-19(29)16-18(20)7-9-22(21)23(27)11-12-25(27)28-24(26(30)31)15-17-5-3-2-4-6-17/h2-6,8,10,16,21-25,28-29H,7,9,11-15H2,1H3,(H,30,31)/t21?,22?,23?,24-,25?,27-/m0/s1. The molecule has 2 aromatic rings. The molecule has 0 bridgehead atoms. The van der Waals surface area contributed by atoms with Crippen LogP contribution in [-0.4, -0.2) is 28.3 Å². The molecule has 0 aliphatic heterocycles. The Morgan fingerprint density at radius 2 is 1.94 bits per heavy atom. The summed E-state index contributed by atoms with van der Waals surface area (Å²) in [5.41, 5.74) is 3.99. The number of aryl methyl sites for hydroxylation is 1. The van der Waals surface area contributed by atoms with Crippen molar-refractivity contribution in [2.75, 3.05) is 0 Å². The molecule has 164 valence electrons. The van der Waals surface area contributed by atoms with Crippen molar-refractivity contribution in [3.8, 4) is 5.75 Å².